The molecule has 114 valence electrons. The molecule has 0 aliphatic carbocycles. The molecule has 1 N–H and O–H groups in total. The van der Waals surface area contributed by atoms with Crippen molar-refractivity contribution in [2.45, 2.75) is 52.5 Å². The number of nitrogens with zero attached hydrogens (tertiary/aromatic N) is 3. The smallest absolute Gasteiger partial charge is 0.223 e. The van der Waals surface area contributed by atoms with Gasteiger partial charge in [-0.15, -0.1) is 0 Å². The molecule has 5 nitrogen and oxygen atoms in total. The van der Waals surface area contributed by atoms with Crippen LogP contribution < -0.4 is 5.32 Å². The van der Waals surface area contributed by atoms with Gasteiger partial charge in [0.15, 0.2) is 5.82 Å². The summed E-state index contributed by atoms with van der Waals surface area (Å²) in [5.74, 6) is 2.22. The van der Waals surface area contributed by atoms with Crippen LogP contribution in [0.3, 0.4) is 0 Å². The molecular weight excluding hydrogens is 252 g/mol. The van der Waals surface area contributed by atoms with E-state index in [0.717, 1.165) is 24.7 Å². The second kappa shape index (κ2) is 7.74. The maximum absolute atomic E-state index is 4.98. The summed E-state index contributed by atoms with van der Waals surface area (Å²) in [5.41, 5.74) is 0. The Labute approximate surface area is 122 Å². The van der Waals surface area contributed by atoms with Crippen LogP contribution in [0.1, 0.15) is 44.8 Å². The van der Waals surface area contributed by atoms with Crippen LogP contribution in [0.5, 0.6) is 0 Å². The van der Waals surface area contributed by atoms with Gasteiger partial charge in [0, 0.05) is 32.5 Å². The molecule has 1 saturated heterocycles. The Kier molecular flexibility index (Phi) is 5.98. The monoisotopic (exact) mass is 280 g/mol. The zero-order valence-corrected chi connectivity index (χ0v) is 13.1. The first kappa shape index (κ1) is 15.4. The molecule has 2 heterocycles. The molecule has 0 saturated carbocycles. The molecule has 2 rings (SSSR count). The van der Waals surface area contributed by atoms with Gasteiger partial charge in [-0.3, -0.25) is 0 Å². The van der Waals surface area contributed by atoms with E-state index in [2.05, 4.69) is 34.2 Å². The highest BCUT2D eigenvalue weighted by atomic mass is 16.5. The minimum atomic E-state index is 0.558. The Morgan fingerprint density at radius 3 is 3.05 bits per heavy atom. The highest BCUT2D eigenvalue weighted by Gasteiger charge is 2.23. The van der Waals surface area contributed by atoms with Crippen molar-refractivity contribution >= 4 is 0 Å². The topological polar surface area (TPSA) is 54.2 Å². The predicted molar refractivity (Wildman–Crippen MR) is 79.7 cm³/mol. The van der Waals surface area contributed by atoms with Crippen molar-refractivity contribution < 1.29 is 4.52 Å². The van der Waals surface area contributed by atoms with Crippen LogP contribution in [0.2, 0.25) is 0 Å². The Hall–Kier alpha value is -0.940. The van der Waals surface area contributed by atoms with E-state index in [1.165, 1.54) is 38.9 Å². The van der Waals surface area contributed by atoms with Gasteiger partial charge in [-0.25, -0.2) is 0 Å². The number of nitrogens with one attached hydrogen (secondary N) is 1. The van der Waals surface area contributed by atoms with Crippen LogP contribution in [0.25, 0.3) is 0 Å². The SMILES string of the molecule is CCCN1CCCC(C(C)NCCc2noc(C)n2)C1. The predicted octanol–water partition coefficient (Wildman–Crippen LogP) is 2.02. The standard InChI is InChI=1S/C15H28N4O/c1-4-9-19-10-5-6-14(11-19)12(2)16-8-7-15-17-13(3)20-18-15/h12,14,16H,4-11H2,1-3H3. The third-order valence-corrected chi connectivity index (χ3v) is 4.17. The quantitative estimate of drug-likeness (QED) is 0.828. The minimum Gasteiger partial charge on any atom is -0.340 e. The van der Waals surface area contributed by atoms with Gasteiger partial charge in [-0.05, 0) is 45.2 Å². The molecule has 1 aromatic rings. The highest BCUT2D eigenvalue weighted by molar-refractivity contribution is 4.86. The number of aromatic nitrogens is 2. The molecular formula is C15H28N4O. The molecule has 5 heteroatoms. The summed E-state index contributed by atoms with van der Waals surface area (Å²) in [4.78, 5) is 6.84. The number of hydrogen-bond acceptors (Lipinski definition) is 5. The Bertz CT molecular complexity index is 391. The summed E-state index contributed by atoms with van der Waals surface area (Å²) >= 11 is 0. The van der Waals surface area contributed by atoms with Crippen molar-refractivity contribution in [3.8, 4) is 0 Å². The lowest BCUT2D eigenvalue weighted by molar-refractivity contribution is 0.151. The first-order valence-electron chi connectivity index (χ1n) is 7.94. The number of rotatable bonds is 7. The molecule has 1 aliphatic rings. The van der Waals surface area contributed by atoms with E-state index in [9.17, 15) is 0 Å². The molecule has 0 amide bonds. The van der Waals surface area contributed by atoms with Gasteiger partial charge in [0.25, 0.3) is 0 Å². The van der Waals surface area contributed by atoms with E-state index < -0.39 is 0 Å². The van der Waals surface area contributed by atoms with E-state index in [-0.39, 0.29) is 0 Å². The molecule has 2 unspecified atom stereocenters. The Balaban J connectivity index is 1.69. The van der Waals surface area contributed by atoms with Crippen LogP contribution in [-0.2, 0) is 6.42 Å². The third-order valence-electron chi connectivity index (χ3n) is 4.17. The number of hydrogen-bond donors (Lipinski definition) is 1. The van der Waals surface area contributed by atoms with Crippen LogP contribution in [-0.4, -0.2) is 47.3 Å². The fourth-order valence-corrected chi connectivity index (χ4v) is 3.04. The van der Waals surface area contributed by atoms with Crippen molar-refractivity contribution in [2.75, 3.05) is 26.2 Å². The molecule has 0 radical (unpaired) electrons. The lowest BCUT2D eigenvalue weighted by Gasteiger charge is -2.36. The van der Waals surface area contributed by atoms with Crippen molar-refractivity contribution in [2.24, 2.45) is 5.92 Å². The molecule has 1 aliphatic heterocycles. The third kappa shape index (κ3) is 4.56. The second-order valence-electron chi connectivity index (χ2n) is 5.93. The zero-order valence-electron chi connectivity index (χ0n) is 13.1. The van der Waals surface area contributed by atoms with Gasteiger partial charge in [0.2, 0.25) is 5.89 Å². The molecule has 1 aromatic heterocycles. The molecule has 0 aromatic carbocycles. The number of piperidine rings is 1. The van der Waals surface area contributed by atoms with Gasteiger partial charge in [-0.1, -0.05) is 12.1 Å². The van der Waals surface area contributed by atoms with Gasteiger partial charge >= 0.3 is 0 Å². The van der Waals surface area contributed by atoms with Gasteiger partial charge in [-0.2, -0.15) is 4.98 Å². The fraction of sp³-hybridized carbons (Fsp3) is 0.867. The van der Waals surface area contributed by atoms with Gasteiger partial charge in [0.05, 0.1) is 0 Å². The summed E-state index contributed by atoms with van der Waals surface area (Å²) in [6, 6.07) is 0.558. The Morgan fingerprint density at radius 1 is 1.50 bits per heavy atom. The van der Waals surface area contributed by atoms with E-state index in [1.54, 1.807) is 0 Å². The number of aryl methyl sites for hydroxylation is 1. The summed E-state index contributed by atoms with van der Waals surface area (Å²) in [6.45, 7) is 11.1. The number of likely N-dealkylation sites (tertiary alicyclic amines) is 1. The largest absolute Gasteiger partial charge is 0.340 e. The van der Waals surface area contributed by atoms with Crippen LogP contribution in [0.4, 0.5) is 0 Å². The zero-order chi connectivity index (χ0) is 14.4. The maximum atomic E-state index is 4.98. The van der Waals surface area contributed by atoms with Crippen LogP contribution >= 0.6 is 0 Å². The van der Waals surface area contributed by atoms with Gasteiger partial charge < -0.3 is 14.7 Å². The second-order valence-corrected chi connectivity index (χ2v) is 5.93. The van der Waals surface area contributed by atoms with Crippen molar-refractivity contribution in [3.63, 3.8) is 0 Å². The van der Waals surface area contributed by atoms with E-state index in [0.29, 0.717) is 11.9 Å². The van der Waals surface area contributed by atoms with E-state index in [1.807, 2.05) is 6.92 Å². The van der Waals surface area contributed by atoms with E-state index >= 15 is 0 Å². The van der Waals surface area contributed by atoms with Crippen molar-refractivity contribution in [3.05, 3.63) is 11.7 Å². The van der Waals surface area contributed by atoms with Crippen LogP contribution in [0, 0.1) is 12.8 Å². The van der Waals surface area contributed by atoms with Crippen molar-refractivity contribution in [1.29, 1.82) is 0 Å². The summed E-state index contributed by atoms with van der Waals surface area (Å²) in [7, 11) is 0. The maximum Gasteiger partial charge on any atom is 0.223 e. The Morgan fingerprint density at radius 2 is 2.35 bits per heavy atom. The normalized spacial score (nSPS) is 22.1. The van der Waals surface area contributed by atoms with E-state index in [4.69, 9.17) is 4.52 Å². The fourth-order valence-electron chi connectivity index (χ4n) is 3.04. The average Bonchev–Trinajstić information content (AvgIpc) is 2.85. The summed E-state index contributed by atoms with van der Waals surface area (Å²) < 4.78 is 4.98. The lowest BCUT2D eigenvalue weighted by Crippen LogP contribution is -2.45. The highest BCUT2D eigenvalue weighted by Crippen LogP contribution is 2.19. The van der Waals surface area contributed by atoms with Crippen molar-refractivity contribution in [1.82, 2.24) is 20.4 Å². The van der Waals surface area contributed by atoms with Crippen LogP contribution in [0.15, 0.2) is 4.52 Å². The average molecular weight is 280 g/mol. The molecule has 0 spiro atoms. The lowest BCUT2D eigenvalue weighted by atomic mass is 9.91. The van der Waals surface area contributed by atoms with Gasteiger partial charge in [0.1, 0.15) is 0 Å². The molecule has 2 atom stereocenters. The summed E-state index contributed by atoms with van der Waals surface area (Å²) in [6.07, 6.45) is 4.77. The first-order chi connectivity index (χ1) is 9.69. The molecule has 1 fully saturated rings. The minimum absolute atomic E-state index is 0.558. The summed E-state index contributed by atoms with van der Waals surface area (Å²) in [5, 5.41) is 7.55. The molecule has 0 bridgehead atoms. The molecule has 20 heavy (non-hydrogen) atoms. The first-order valence-corrected chi connectivity index (χ1v) is 7.94.